The fourth-order valence-electron chi connectivity index (χ4n) is 4.01. The largest absolute Gasteiger partial charge is 0.492 e. The van der Waals surface area contributed by atoms with Crippen molar-refractivity contribution in [3.63, 3.8) is 0 Å². The van der Waals surface area contributed by atoms with Gasteiger partial charge in [0, 0.05) is 33.9 Å². The summed E-state index contributed by atoms with van der Waals surface area (Å²) in [6.45, 7) is 5.02. The first-order valence-corrected chi connectivity index (χ1v) is 10.1. The van der Waals surface area contributed by atoms with Crippen molar-refractivity contribution in [2.75, 3.05) is 19.7 Å². The van der Waals surface area contributed by atoms with E-state index >= 15 is 0 Å². The molecule has 1 saturated heterocycles. The van der Waals surface area contributed by atoms with Gasteiger partial charge in [-0.05, 0) is 58.8 Å². The first-order chi connectivity index (χ1) is 12.5. The molecule has 0 radical (unpaired) electrons. The third-order valence-corrected chi connectivity index (χ3v) is 6.97. The van der Waals surface area contributed by atoms with Crippen LogP contribution in [0.25, 0.3) is 0 Å². The van der Waals surface area contributed by atoms with E-state index in [2.05, 4.69) is 58.4 Å². The quantitative estimate of drug-likeness (QED) is 0.407. The normalized spacial score (nSPS) is 21.6. The van der Waals surface area contributed by atoms with Crippen molar-refractivity contribution in [1.29, 1.82) is 0 Å². The molecule has 0 atom stereocenters. The van der Waals surface area contributed by atoms with Crippen LogP contribution in [0.1, 0.15) is 35.1 Å². The number of nitrogens with zero attached hydrogens (tertiary/aromatic N) is 1. The van der Waals surface area contributed by atoms with Gasteiger partial charge < -0.3 is 15.6 Å². The standard InChI is InChI=1S/C21H23IN2O2/c1-14-2-4-16(11-18(14)22)20(25)24-8-6-21(7-9-24)13-26-19-5-3-15(12-23)10-17(19)21/h2-5,10-11H,6-9,12-13,23H2,1H3/p+1. The molecule has 0 amide bonds. The maximum atomic E-state index is 10.8. The second-order valence-corrected chi connectivity index (χ2v) is 8.54. The minimum absolute atomic E-state index is 0.0546. The number of halogens is 1. The van der Waals surface area contributed by atoms with E-state index in [9.17, 15) is 5.11 Å². The molecule has 2 aliphatic heterocycles. The highest BCUT2D eigenvalue weighted by Crippen LogP contribution is 2.45. The summed E-state index contributed by atoms with van der Waals surface area (Å²) in [6.07, 6.45) is 1.95. The number of aliphatic hydroxyl groups is 1. The van der Waals surface area contributed by atoms with E-state index in [0.29, 0.717) is 12.4 Å². The Morgan fingerprint density at radius 2 is 2.00 bits per heavy atom. The van der Waals surface area contributed by atoms with Crippen molar-refractivity contribution >= 4 is 28.5 Å². The van der Waals surface area contributed by atoms with Crippen molar-refractivity contribution < 1.29 is 14.4 Å². The minimum Gasteiger partial charge on any atom is -0.492 e. The van der Waals surface area contributed by atoms with Crippen LogP contribution in [0.15, 0.2) is 36.4 Å². The predicted octanol–water partition coefficient (Wildman–Crippen LogP) is 3.50. The molecule has 136 valence electrons. The Balaban J connectivity index is 1.59. The van der Waals surface area contributed by atoms with Crippen molar-refractivity contribution in [2.24, 2.45) is 5.73 Å². The molecule has 2 heterocycles. The highest BCUT2D eigenvalue weighted by atomic mass is 127. The molecular weight excluding hydrogens is 439 g/mol. The number of hydrogen-bond acceptors (Lipinski definition) is 2. The molecule has 1 spiro atoms. The van der Waals surface area contributed by atoms with Crippen LogP contribution in [0.5, 0.6) is 5.75 Å². The summed E-state index contributed by atoms with van der Waals surface area (Å²) >= 11 is 2.32. The van der Waals surface area contributed by atoms with E-state index in [4.69, 9.17) is 10.5 Å². The minimum atomic E-state index is 0.0546. The third-order valence-electron chi connectivity index (χ3n) is 5.81. The lowest BCUT2D eigenvalue weighted by Gasteiger charge is -2.30. The maximum absolute atomic E-state index is 10.8. The second-order valence-electron chi connectivity index (χ2n) is 7.38. The Bertz CT molecular complexity index is 882. The number of aryl methyl sites for hydroxylation is 1. The topological polar surface area (TPSA) is 58.5 Å². The van der Waals surface area contributed by atoms with Gasteiger partial charge in [-0.2, -0.15) is 4.58 Å². The molecule has 0 saturated carbocycles. The van der Waals surface area contributed by atoms with E-state index in [1.54, 1.807) is 0 Å². The Kier molecular flexibility index (Phi) is 4.69. The van der Waals surface area contributed by atoms with Crippen molar-refractivity contribution in [2.45, 2.75) is 31.7 Å². The first kappa shape index (κ1) is 17.8. The van der Waals surface area contributed by atoms with Gasteiger partial charge in [0.1, 0.15) is 18.8 Å². The van der Waals surface area contributed by atoms with Crippen LogP contribution in [0.3, 0.4) is 0 Å². The molecule has 1 fully saturated rings. The second kappa shape index (κ2) is 6.85. The van der Waals surface area contributed by atoms with E-state index in [1.165, 1.54) is 14.7 Å². The lowest BCUT2D eigenvalue weighted by Crippen LogP contribution is -2.41. The Morgan fingerprint density at radius 1 is 1.23 bits per heavy atom. The van der Waals surface area contributed by atoms with Gasteiger partial charge in [-0.25, -0.2) is 0 Å². The zero-order chi connectivity index (χ0) is 18.3. The zero-order valence-electron chi connectivity index (χ0n) is 15.0. The number of fused-ring (bicyclic) bond motifs is 2. The monoisotopic (exact) mass is 463 g/mol. The molecule has 0 aliphatic carbocycles. The summed E-state index contributed by atoms with van der Waals surface area (Å²) in [6, 6.07) is 12.4. The van der Waals surface area contributed by atoms with Gasteiger partial charge >= 0.3 is 5.90 Å². The number of piperidine rings is 1. The summed E-state index contributed by atoms with van der Waals surface area (Å²) in [7, 11) is 0. The maximum Gasteiger partial charge on any atom is 0.367 e. The molecule has 0 bridgehead atoms. The summed E-state index contributed by atoms with van der Waals surface area (Å²) in [5.41, 5.74) is 10.5. The smallest absolute Gasteiger partial charge is 0.367 e. The van der Waals surface area contributed by atoms with Crippen LogP contribution >= 0.6 is 22.6 Å². The highest BCUT2D eigenvalue weighted by molar-refractivity contribution is 14.1. The van der Waals surface area contributed by atoms with Crippen molar-refractivity contribution in [3.8, 4) is 5.75 Å². The zero-order valence-corrected chi connectivity index (χ0v) is 17.1. The molecule has 2 aliphatic rings. The molecule has 3 N–H and O–H groups in total. The Morgan fingerprint density at radius 3 is 2.69 bits per heavy atom. The highest BCUT2D eigenvalue weighted by Gasteiger charge is 2.45. The summed E-state index contributed by atoms with van der Waals surface area (Å²) in [5.74, 6) is 1.38. The molecule has 26 heavy (non-hydrogen) atoms. The average molecular weight is 463 g/mol. The van der Waals surface area contributed by atoms with Gasteiger partial charge in [0.15, 0.2) is 0 Å². The predicted molar refractivity (Wildman–Crippen MR) is 111 cm³/mol. The van der Waals surface area contributed by atoms with Crippen LogP contribution in [-0.2, 0) is 12.0 Å². The van der Waals surface area contributed by atoms with E-state index in [-0.39, 0.29) is 5.41 Å². The fourth-order valence-corrected chi connectivity index (χ4v) is 4.53. The Labute approximate surface area is 167 Å². The summed E-state index contributed by atoms with van der Waals surface area (Å²) in [5, 5.41) is 10.8. The first-order valence-electron chi connectivity index (χ1n) is 9.06. The van der Waals surface area contributed by atoms with E-state index in [1.807, 2.05) is 12.1 Å². The van der Waals surface area contributed by atoms with Crippen LogP contribution in [0, 0.1) is 10.5 Å². The lowest BCUT2D eigenvalue weighted by atomic mass is 9.74. The van der Waals surface area contributed by atoms with E-state index in [0.717, 1.165) is 49.4 Å². The molecule has 0 unspecified atom stereocenters. The van der Waals surface area contributed by atoms with Crippen molar-refractivity contribution in [3.05, 3.63) is 62.2 Å². The summed E-state index contributed by atoms with van der Waals surface area (Å²) < 4.78 is 9.24. The summed E-state index contributed by atoms with van der Waals surface area (Å²) in [4.78, 5) is 0. The lowest BCUT2D eigenvalue weighted by molar-refractivity contribution is -0.548. The number of rotatable bonds is 2. The van der Waals surface area contributed by atoms with Crippen LogP contribution in [0.2, 0.25) is 0 Å². The fraction of sp³-hybridized carbons (Fsp3) is 0.381. The van der Waals surface area contributed by atoms with Gasteiger partial charge in [0.2, 0.25) is 0 Å². The number of ether oxygens (including phenoxy) is 1. The molecular formula is C21H24IN2O2+. The Hall–Kier alpha value is -1.60. The number of hydrogen-bond donors (Lipinski definition) is 2. The van der Waals surface area contributed by atoms with Gasteiger partial charge in [-0.3, -0.25) is 0 Å². The number of nitrogens with two attached hydrogens (primary N) is 1. The van der Waals surface area contributed by atoms with Crippen LogP contribution in [0.4, 0.5) is 0 Å². The van der Waals surface area contributed by atoms with Gasteiger partial charge in [0.05, 0.1) is 12.2 Å². The molecule has 2 aromatic carbocycles. The molecule has 2 aromatic rings. The average Bonchev–Trinajstić information content (AvgIpc) is 3.01. The number of benzene rings is 2. The van der Waals surface area contributed by atoms with E-state index < -0.39 is 0 Å². The molecule has 0 aromatic heterocycles. The van der Waals surface area contributed by atoms with Crippen LogP contribution < -0.4 is 10.5 Å². The molecule has 4 rings (SSSR count). The third kappa shape index (κ3) is 3.01. The van der Waals surface area contributed by atoms with Crippen molar-refractivity contribution in [1.82, 2.24) is 0 Å². The number of aliphatic hydroxyl groups excluding tert-OH is 1. The van der Waals surface area contributed by atoms with Gasteiger partial charge in [0.25, 0.3) is 0 Å². The SMILES string of the molecule is Cc1ccc(C(O)=[N+]2CCC3(CC2)COc2ccc(CN)cc23)cc1I. The molecule has 4 nitrogen and oxygen atoms in total. The van der Waals surface area contributed by atoms with Crippen LogP contribution in [-0.4, -0.2) is 35.3 Å². The van der Waals surface area contributed by atoms with Gasteiger partial charge in [-0.15, -0.1) is 0 Å². The molecule has 5 heteroatoms. The van der Waals surface area contributed by atoms with Gasteiger partial charge in [-0.1, -0.05) is 18.2 Å².